The normalized spacial score (nSPS) is 18.1. The Labute approximate surface area is 260 Å². The van der Waals surface area contributed by atoms with Crippen LogP contribution in [0.1, 0.15) is 49.7 Å². The molecule has 230 valence electrons. The molecule has 1 saturated heterocycles. The Morgan fingerprint density at radius 2 is 1.56 bits per heavy atom. The van der Waals surface area contributed by atoms with Crippen molar-refractivity contribution in [2.75, 3.05) is 19.7 Å². The highest BCUT2D eigenvalue weighted by Crippen LogP contribution is 2.35. The first-order chi connectivity index (χ1) is 20.7. The minimum absolute atomic E-state index is 0.0763. The summed E-state index contributed by atoms with van der Waals surface area (Å²) in [4.78, 5) is 15.3. The van der Waals surface area contributed by atoms with Crippen molar-refractivity contribution in [1.82, 2.24) is 9.62 Å². The molecule has 0 spiro atoms. The summed E-state index contributed by atoms with van der Waals surface area (Å²) >= 11 is 3.91. The molecule has 3 N–H and O–H groups in total. The van der Waals surface area contributed by atoms with E-state index in [2.05, 4.69) is 4.72 Å². The maximum atomic E-state index is 16.2. The third-order valence-corrected chi connectivity index (χ3v) is 9.72. The summed E-state index contributed by atoms with van der Waals surface area (Å²) in [6.07, 6.45) is 6.70. The number of rotatable bonds is 11. The molecule has 1 amide bonds. The van der Waals surface area contributed by atoms with Gasteiger partial charge in [0.1, 0.15) is 0 Å². The van der Waals surface area contributed by atoms with Crippen LogP contribution in [0.15, 0.2) is 77.7 Å². The number of nitrogens with one attached hydrogen (secondary N) is 1. The van der Waals surface area contributed by atoms with Crippen LogP contribution in [0.5, 0.6) is 0 Å². The number of likely N-dealkylation sites (tertiary alicyclic amines) is 1. The maximum Gasteiger partial charge on any atom is 0.301 e. The van der Waals surface area contributed by atoms with E-state index in [1.54, 1.807) is 36.4 Å². The first-order valence-corrected chi connectivity index (χ1v) is 16.4. The van der Waals surface area contributed by atoms with Crippen LogP contribution in [0.4, 0.5) is 8.78 Å². The van der Waals surface area contributed by atoms with E-state index in [1.165, 1.54) is 29.9 Å². The minimum Gasteiger partial charge on any atom is -0.593 e. The van der Waals surface area contributed by atoms with Gasteiger partial charge in [-0.1, -0.05) is 73.0 Å². The lowest BCUT2D eigenvalue weighted by atomic mass is 9.96. The van der Waals surface area contributed by atoms with E-state index in [-0.39, 0.29) is 24.7 Å². The first-order valence-electron chi connectivity index (χ1n) is 14.9. The van der Waals surface area contributed by atoms with Gasteiger partial charge in [0.05, 0.1) is 24.1 Å². The van der Waals surface area contributed by atoms with E-state index in [0.29, 0.717) is 41.9 Å². The van der Waals surface area contributed by atoms with Crippen LogP contribution >= 0.6 is 11.6 Å². The van der Waals surface area contributed by atoms with Gasteiger partial charge in [0, 0.05) is 29.7 Å². The molecule has 10 heteroatoms. The van der Waals surface area contributed by atoms with Crippen molar-refractivity contribution in [1.29, 1.82) is 0 Å². The molecule has 1 heterocycles. The van der Waals surface area contributed by atoms with Crippen LogP contribution in [0.25, 0.3) is 11.1 Å². The molecular weight excluding hydrogens is 592 g/mol. The molecule has 3 aromatic rings. The molecule has 3 aromatic carbocycles. The molecule has 2 aliphatic rings. The van der Waals surface area contributed by atoms with E-state index in [0.717, 1.165) is 29.5 Å². The van der Waals surface area contributed by atoms with E-state index < -0.39 is 29.2 Å². The molecular formula is C33H38ClF2N3O3S. The monoisotopic (exact) mass is 629 g/mol. The van der Waals surface area contributed by atoms with Crippen LogP contribution in [0, 0.1) is 0 Å². The van der Waals surface area contributed by atoms with Gasteiger partial charge in [-0.15, -0.1) is 4.72 Å². The molecule has 0 radical (unpaired) electrons. The second kappa shape index (κ2) is 14.5. The van der Waals surface area contributed by atoms with E-state index in [1.807, 2.05) is 24.3 Å². The van der Waals surface area contributed by atoms with Crippen molar-refractivity contribution in [3.05, 3.63) is 88.9 Å². The molecule has 1 aliphatic carbocycles. The Kier molecular flexibility index (Phi) is 10.8. The minimum atomic E-state index is -3.65. The van der Waals surface area contributed by atoms with Gasteiger partial charge in [0.15, 0.2) is 10.9 Å². The predicted molar refractivity (Wildman–Crippen MR) is 166 cm³/mol. The zero-order chi connectivity index (χ0) is 30.4. The number of ether oxygens (including phenoxy) is 1. The quantitative estimate of drug-likeness (QED) is 0.245. The number of alkyl halides is 2. The largest absolute Gasteiger partial charge is 0.593 e. The first kappa shape index (κ1) is 31.9. The van der Waals surface area contributed by atoms with Gasteiger partial charge in [-0.05, 0) is 73.1 Å². The standard InChI is InChI=1S/C33H38ClF2N3O3S/c34-27-13-9-25(10-14-27)24-7-11-26(12-8-24)33(35,36)31(32(40)39-20-17-28(37)18-21-39)38-43(41)30-15-5-23(6-16-30)19-22-42-29-3-1-2-4-29/h5-16,28-29,31,38H,1-4,17-22,37H2/t31-,43?/m1/s1. The van der Waals surface area contributed by atoms with E-state index in [4.69, 9.17) is 22.1 Å². The van der Waals surface area contributed by atoms with Gasteiger partial charge in [-0.2, -0.15) is 8.78 Å². The molecule has 1 unspecified atom stereocenters. The fourth-order valence-electron chi connectivity index (χ4n) is 5.63. The van der Waals surface area contributed by atoms with Crippen molar-refractivity contribution in [3.8, 4) is 11.1 Å². The summed E-state index contributed by atoms with van der Waals surface area (Å²) in [5, 5.41) is 0.578. The lowest BCUT2D eigenvalue weighted by molar-refractivity contribution is -0.145. The third-order valence-electron chi connectivity index (χ3n) is 8.32. The number of hydrogen-bond donors (Lipinski definition) is 2. The third kappa shape index (κ3) is 8.15. The molecule has 0 aromatic heterocycles. The number of nitrogens with two attached hydrogens (primary N) is 1. The Bertz CT molecular complexity index is 1330. The smallest absolute Gasteiger partial charge is 0.301 e. The Morgan fingerprint density at radius 1 is 0.977 bits per heavy atom. The maximum absolute atomic E-state index is 16.2. The summed E-state index contributed by atoms with van der Waals surface area (Å²) in [6.45, 7) is 1.15. The van der Waals surface area contributed by atoms with Crippen LogP contribution in [-0.2, 0) is 33.2 Å². The molecule has 0 bridgehead atoms. The van der Waals surface area contributed by atoms with Gasteiger partial charge in [-0.25, -0.2) is 0 Å². The van der Waals surface area contributed by atoms with Crippen molar-refractivity contribution in [3.63, 3.8) is 0 Å². The summed E-state index contributed by atoms with van der Waals surface area (Å²) < 4.78 is 54.2. The van der Waals surface area contributed by atoms with Gasteiger partial charge in [-0.3, -0.25) is 4.79 Å². The summed E-state index contributed by atoms with van der Waals surface area (Å²) in [5.74, 6) is -4.45. The van der Waals surface area contributed by atoms with Crippen molar-refractivity contribution >= 4 is 28.9 Å². The number of halogens is 3. The Morgan fingerprint density at radius 3 is 2.16 bits per heavy atom. The molecule has 43 heavy (non-hydrogen) atoms. The highest BCUT2D eigenvalue weighted by Gasteiger charge is 2.50. The highest BCUT2D eigenvalue weighted by molar-refractivity contribution is 7.89. The molecule has 2 atom stereocenters. The highest BCUT2D eigenvalue weighted by atomic mass is 35.5. The number of amides is 1. The van der Waals surface area contributed by atoms with Gasteiger partial charge < -0.3 is 19.9 Å². The predicted octanol–water partition coefficient (Wildman–Crippen LogP) is 6.23. The average molecular weight is 630 g/mol. The lowest BCUT2D eigenvalue weighted by Gasteiger charge is -2.35. The molecule has 2 fully saturated rings. The topological polar surface area (TPSA) is 90.7 Å². The molecule has 6 nitrogen and oxygen atoms in total. The van der Waals surface area contributed by atoms with Crippen LogP contribution in [0.3, 0.4) is 0 Å². The van der Waals surface area contributed by atoms with Gasteiger partial charge in [0.2, 0.25) is 0 Å². The van der Waals surface area contributed by atoms with Gasteiger partial charge in [0.25, 0.3) is 5.91 Å². The molecule has 1 aliphatic heterocycles. The second-order valence-electron chi connectivity index (χ2n) is 11.4. The van der Waals surface area contributed by atoms with Crippen LogP contribution < -0.4 is 10.5 Å². The van der Waals surface area contributed by atoms with Crippen molar-refractivity contribution in [2.45, 2.75) is 74.0 Å². The van der Waals surface area contributed by atoms with Gasteiger partial charge >= 0.3 is 5.92 Å². The number of carbonyl (C=O) groups is 1. The molecule has 5 rings (SSSR count). The lowest BCUT2D eigenvalue weighted by Crippen LogP contribution is -2.57. The Hall–Kier alpha value is -2.53. The fraction of sp³-hybridized carbons (Fsp3) is 0.424. The van der Waals surface area contributed by atoms with Crippen LogP contribution in [-0.4, -0.2) is 53.2 Å². The van der Waals surface area contributed by atoms with Crippen molar-refractivity contribution in [2.24, 2.45) is 5.73 Å². The fourth-order valence-corrected chi connectivity index (χ4v) is 6.74. The van der Waals surface area contributed by atoms with E-state index in [9.17, 15) is 9.35 Å². The number of carbonyl (C=O) groups excluding carboxylic acids is 1. The zero-order valence-corrected chi connectivity index (χ0v) is 25.6. The second-order valence-corrected chi connectivity index (χ2v) is 13.0. The average Bonchev–Trinajstić information content (AvgIpc) is 3.54. The number of benzene rings is 3. The SMILES string of the molecule is NC1CCN(C(=O)[C@@H](N[S+]([O-])c2ccc(CCOC3CCCC3)cc2)C(F)(F)c2ccc(-c3ccc(Cl)cc3)cc2)CC1. The molecule has 1 saturated carbocycles. The summed E-state index contributed by atoms with van der Waals surface area (Å²) in [7, 11) is 0. The zero-order valence-electron chi connectivity index (χ0n) is 24.0. The van der Waals surface area contributed by atoms with Crippen molar-refractivity contribution < 1.29 is 22.9 Å². The summed E-state index contributed by atoms with van der Waals surface area (Å²) in [5.41, 5.74) is 8.19. The Balaban J connectivity index is 1.31. The number of nitrogens with zero attached hydrogens (tertiary/aromatic N) is 1. The summed E-state index contributed by atoms with van der Waals surface area (Å²) in [6, 6.07) is 17.7. The number of hydrogen-bond acceptors (Lipinski definition) is 5. The number of piperidine rings is 1. The van der Waals surface area contributed by atoms with E-state index >= 15 is 8.78 Å². The van der Waals surface area contributed by atoms with Crippen LogP contribution in [0.2, 0.25) is 5.02 Å².